The lowest BCUT2D eigenvalue weighted by atomic mass is 9.80. The minimum atomic E-state index is -0.187. The Morgan fingerprint density at radius 3 is 2.00 bits per heavy atom. The quantitative estimate of drug-likeness (QED) is 0.0793. The monoisotopic (exact) mass is 696 g/mol. The number of likely N-dealkylation sites (tertiary alicyclic amines) is 1. The van der Waals surface area contributed by atoms with Crippen LogP contribution in [0.25, 0.3) is 5.57 Å². The first-order chi connectivity index (χ1) is 24.7. The van der Waals surface area contributed by atoms with Crippen LogP contribution < -0.4 is 10.6 Å². The molecule has 2 heterocycles. The summed E-state index contributed by atoms with van der Waals surface area (Å²) in [7, 11) is 4.28. The molecular weight excluding hydrogens is 633 g/mol. The lowest BCUT2D eigenvalue weighted by Crippen LogP contribution is -2.24. The molecule has 0 aromatic heterocycles. The van der Waals surface area contributed by atoms with E-state index >= 15 is 0 Å². The number of hydrogen-bond donors (Lipinski definition) is 2. The number of nitrogens with zero attached hydrogens (tertiary/aromatic N) is 2. The lowest BCUT2D eigenvalue weighted by molar-refractivity contribution is -0.440. The van der Waals surface area contributed by atoms with Gasteiger partial charge in [0.25, 0.3) is 0 Å². The summed E-state index contributed by atoms with van der Waals surface area (Å²) in [4.78, 5) is 2.21. The molecule has 2 aromatic carbocycles. The summed E-state index contributed by atoms with van der Waals surface area (Å²) in [5, 5.41) is 7.18. The molecule has 0 radical (unpaired) electrons. The molecule has 1 fully saturated rings. The highest BCUT2D eigenvalue weighted by atomic mass is 15.2. The predicted octanol–water partition coefficient (Wildman–Crippen LogP) is 10.8. The predicted molar refractivity (Wildman–Crippen MR) is 226 cm³/mol. The van der Waals surface area contributed by atoms with Gasteiger partial charge in [0.05, 0.1) is 5.41 Å². The second-order valence-corrected chi connectivity index (χ2v) is 15.4. The molecule has 1 saturated heterocycles. The van der Waals surface area contributed by atoms with Gasteiger partial charge >= 0.3 is 0 Å². The van der Waals surface area contributed by atoms with Crippen molar-refractivity contribution in [2.24, 2.45) is 10.8 Å². The Balaban J connectivity index is 1.52. The molecule has 4 nitrogen and oxygen atoms in total. The molecule has 0 saturated carbocycles. The van der Waals surface area contributed by atoms with Crippen molar-refractivity contribution in [2.45, 2.75) is 80.9 Å². The van der Waals surface area contributed by atoms with Crippen LogP contribution in [0.15, 0.2) is 151 Å². The fourth-order valence-corrected chi connectivity index (χ4v) is 7.45. The normalized spacial score (nSPS) is 19.1. The second kappa shape index (κ2) is 17.8. The fraction of sp³-hybridized carbons (Fsp3) is 0.354. The van der Waals surface area contributed by atoms with E-state index in [-0.39, 0.29) is 10.8 Å². The van der Waals surface area contributed by atoms with Crippen molar-refractivity contribution in [3.8, 4) is 0 Å². The van der Waals surface area contributed by atoms with Gasteiger partial charge in [0.15, 0.2) is 11.4 Å². The largest absolute Gasteiger partial charge is 0.348 e. The maximum Gasteiger partial charge on any atom is 0.191 e. The van der Waals surface area contributed by atoms with E-state index in [1.165, 1.54) is 56.1 Å². The summed E-state index contributed by atoms with van der Waals surface area (Å²) >= 11 is 0. The van der Waals surface area contributed by atoms with Crippen molar-refractivity contribution in [1.29, 1.82) is 0 Å². The van der Waals surface area contributed by atoms with Crippen molar-refractivity contribution in [3.63, 3.8) is 0 Å². The van der Waals surface area contributed by atoms with Crippen LogP contribution >= 0.6 is 0 Å². The zero-order valence-electron chi connectivity index (χ0n) is 33.5. The molecule has 0 atom stereocenters. The number of hydrogen-bond acceptors (Lipinski definition) is 3. The Bertz CT molecular complexity index is 1850. The Hall–Kier alpha value is -4.51. The number of rotatable bonds is 16. The molecular formula is C48H63N4+. The second-order valence-electron chi connectivity index (χ2n) is 15.4. The van der Waals surface area contributed by atoms with Gasteiger partial charge in [-0.25, -0.2) is 4.58 Å². The topological polar surface area (TPSA) is 30.3 Å². The smallest absolute Gasteiger partial charge is 0.191 e. The maximum atomic E-state index is 4.39. The van der Waals surface area contributed by atoms with Gasteiger partial charge in [-0.05, 0) is 92.6 Å². The molecule has 2 N–H and O–H groups in total. The Kier molecular flexibility index (Phi) is 13.8. The average molecular weight is 696 g/mol. The van der Waals surface area contributed by atoms with Gasteiger partial charge in [0.2, 0.25) is 0 Å². The number of benzene rings is 2. The molecule has 0 spiro atoms. The molecule has 0 unspecified atom stereocenters. The van der Waals surface area contributed by atoms with Crippen LogP contribution in [0.5, 0.6) is 0 Å². The van der Waals surface area contributed by atoms with Gasteiger partial charge in [-0.2, -0.15) is 0 Å². The van der Waals surface area contributed by atoms with E-state index in [1.807, 2.05) is 6.08 Å². The molecule has 4 heteroatoms. The molecule has 4 rings (SSSR count). The Morgan fingerprint density at radius 2 is 1.44 bits per heavy atom. The molecule has 0 aliphatic carbocycles. The van der Waals surface area contributed by atoms with Gasteiger partial charge in [-0.1, -0.05) is 111 Å². The van der Waals surface area contributed by atoms with Gasteiger partial charge < -0.3 is 15.5 Å². The lowest BCUT2D eigenvalue weighted by Gasteiger charge is -2.22. The highest BCUT2D eigenvalue weighted by Gasteiger charge is 2.42. The summed E-state index contributed by atoms with van der Waals surface area (Å²) in [5.41, 5.74) is 14.5. The summed E-state index contributed by atoms with van der Waals surface area (Å²) in [6.45, 7) is 31.4. The highest BCUT2D eigenvalue weighted by molar-refractivity contribution is 6.01. The molecule has 0 amide bonds. The molecule has 2 aliphatic rings. The minimum absolute atomic E-state index is 0.0987. The average Bonchev–Trinajstić information content (AvgIpc) is 3.37. The third-order valence-electron chi connectivity index (χ3n) is 10.7. The van der Waals surface area contributed by atoms with E-state index in [4.69, 9.17) is 0 Å². The van der Waals surface area contributed by atoms with E-state index < -0.39 is 0 Å². The Morgan fingerprint density at radius 1 is 0.865 bits per heavy atom. The first-order valence-electron chi connectivity index (χ1n) is 18.8. The number of nitrogens with one attached hydrogen (secondary N) is 2. The van der Waals surface area contributed by atoms with Gasteiger partial charge in [0.1, 0.15) is 7.05 Å². The van der Waals surface area contributed by atoms with E-state index in [0.717, 1.165) is 50.3 Å². The maximum absolute atomic E-state index is 4.39. The van der Waals surface area contributed by atoms with Gasteiger partial charge in [-0.3, -0.25) is 0 Å². The van der Waals surface area contributed by atoms with E-state index in [2.05, 4.69) is 193 Å². The third-order valence-corrected chi connectivity index (χ3v) is 10.7. The van der Waals surface area contributed by atoms with Crippen molar-refractivity contribution in [3.05, 3.63) is 173 Å². The zero-order chi connectivity index (χ0) is 38.1. The van der Waals surface area contributed by atoms with Crippen molar-refractivity contribution in [2.75, 3.05) is 20.6 Å². The van der Waals surface area contributed by atoms with Crippen LogP contribution in [0.4, 0.5) is 0 Å². The molecule has 2 aromatic rings. The first-order valence-corrected chi connectivity index (χ1v) is 18.8. The van der Waals surface area contributed by atoms with Crippen LogP contribution in [0.2, 0.25) is 0 Å². The zero-order valence-corrected chi connectivity index (χ0v) is 33.5. The van der Waals surface area contributed by atoms with E-state index in [1.54, 1.807) is 0 Å². The summed E-state index contributed by atoms with van der Waals surface area (Å²) in [6, 6.07) is 17.9. The van der Waals surface area contributed by atoms with Crippen molar-refractivity contribution in [1.82, 2.24) is 15.5 Å². The SMILES string of the molecule is C=C/C=C1\C(=C)N(C)\C(=C/C=C(/C=C/C2=[N+](C)C(C)=C(/C=C\C)C2(C)C)c2ccc(CNCc3ccc(CNCCCC(=C)C)cc3)cc2)C1(C)C. The fourth-order valence-electron chi connectivity index (χ4n) is 7.45. The van der Waals surface area contributed by atoms with Crippen LogP contribution in [-0.4, -0.2) is 35.8 Å². The van der Waals surface area contributed by atoms with E-state index in [0.29, 0.717) is 0 Å². The van der Waals surface area contributed by atoms with Crippen LogP contribution in [0, 0.1) is 10.8 Å². The van der Waals surface area contributed by atoms with Crippen LogP contribution in [0.1, 0.15) is 83.6 Å². The van der Waals surface area contributed by atoms with Crippen molar-refractivity contribution < 1.29 is 4.58 Å². The third kappa shape index (κ3) is 9.47. The molecule has 2 aliphatic heterocycles. The number of likely N-dealkylation sites (N-methyl/N-ethyl adjacent to an activating group) is 1. The van der Waals surface area contributed by atoms with Gasteiger partial charge in [0, 0.05) is 62.1 Å². The van der Waals surface area contributed by atoms with Crippen LogP contribution in [-0.2, 0) is 19.6 Å². The van der Waals surface area contributed by atoms with E-state index in [9.17, 15) is 0 Å². The Labute approximate surface area is 315 Å². The molecule has 274 valence electrons. The first kappa shape index (κ1) is 40.3. The summed E-state index contributed by atoms with van der Waals surface area (Å²) in [5.74, 6) is 0. The standard InChI is InChI=1S/C48H63N4/c1-13-16-43-36(5)51(11)45(47(43,7)8)29-27-42(28-30-46-48(9,10)44(17-14-2)37(6)52(46)12)41-25-23-40(24-26-41)34-50-33-39-21-19-38(20-22-39)32-49-31-15-18-35(3)4/h13-14,16-17,19-30,49-50H,1,3,5,15,18,31-34H2,2,4,6-12H3/q+1/b17-14-,43-16+. The minimum Gasteiger partial charge on any atom is -0.348 e. The molecule has 0 bridgehead atoms. The summed E-state index contributed by atoms with van der Waals surface area (Å²) < 4.78 is 2.33. The van der Waals surface area contributed by atoms with Crippen LogP contribution in [0.3, 0.4) is 0 Å². The molecule has 52 heavy (non-hydrogen) atoms. The number of allylic oxidation sites excluding steroid dienone is 14. The highest BCUT2D eigenvalue weighted by Crippen LogP contribution is 2.48. The van der Waals surface area contributed by atoms with Crippen molar-refractivity contribution >= 4 is 11.3 Å². The van der Waals surface area contributed by atoms with Gasteiger partial charge in [-0.15, -0.1) is 6.58 Å². The summed E-state index contributed by atoms with van der Waals surface area (Å²) in [6.07, 6.45) is 19.7.